The second kappa shape index (κ2) is 9.49. The Kier molecular flexibility index (Phi) is 6.26. The molecule has 1 heterocycles. The van der Waals surface area contributed by atoms with Crippen LogP contribution in [-0.2, 0) is 14.3 Å². The highest BCUT2D eigenvalue weighted by Crippen LogP contribution is 2.44. The van der Waals surface area contributed by atoms with Crippen LogP contribution in [0.2, 0.25) is 0 Å². The third-order valence-electron chi connectivity index (χ3n) is 7.70. The summed E-state index contributed by atoms with van der Waals surface area (Å²) in [4.78, 5) is 38.7. The number of amides is 2. The highest BCUT2D eigenvalue weighted by molar-refractivity contribution is 5.82. The van der Waals surface area contributed by atoms with E-state index in [-0.39, 0.29) is 43.4 Å². The number of fused-ring (bicyclic) bond motifs is 3. The summed E-state index contributed by atoms with van der Waals surface area (Å²) in [6.45, 7) is 1.16. The van der Waals surface area contributed by atoms with Gasteiger partial charge in [0.1, 0.15) is 6.61 Å². The van der Waals surface area contributed by atoms with Gasteiger partial charge in [-0.3, -0.25) is 9.59 Å². The molecule has 178 valence electrons. The maximum Gasteiger partial charge on any atom is 0.407 e. The average molecular weight is 463 g/mol. The van der Waals surface area contributed by atoms with Gasteiger partial charge in [0.15, 0.2) is 0 Å². The fourth-order valence-corrected chi connectivity index (χ4v) is 5.54. The van der Waals surface area contributed by atoms with Crippen LogP contribution in [0.25, 0.3) is 11.1 Å². The van der Waals surface area contributed by atoms with Gasteiger partial charge in [-0.05, 0) is 47.4 Å². The minimum atomic E-state index is -0.854. The lowest BCUT2D eigenvalue weighted by molar-refractivity contribution is -0.142. The fourth-order valence-electron chi connectivity index (χ4n) is 5.54. The maximum absolute atomic E-state index is 13.1. The summed E-state index contributed by atoms with van der Waals surface area (Å²) < 4.78 is 5.62. The average Bonchev–Trinajstić information content (AvgIpc) is 3.42. The molecule has 0 bridgehead atoms. The van der Waals surface area contributed by atoms with Crippen molar-refractivity contribution in [3.63, 3.8) is 0 Å². The molecule has 0 spiro atoms. The predicted molar refractivity (Wildman–Crippen MR) is 126 cm³/mol. The highest BCUT2D eigenvalue weighted by Gasteiger charge is 2.39. The molecular formula is C27H30N2O5. The van der Waals surface area contributed by atoms with Gasteiger partial charge in [0.25, 0.3) is 0 Å². The molecule has 1 saturated heterocycles. The summed E-state index contributed by atoms with van der Waals surface area (Å²) >= 11 is 0. The number of nitrogens with zero attached hydrogens (tertiary/aromatic N) is 1. The molecule has 1 saturated carbocycles. The zero-order valence-corrected chi connectivity index (χ0v) is 19.1. The van der Waals surface area contributed by atoms with Gasteiger partial charge in [-0.2, -0.15) is 0 Å². The molecule has 34 heavy (non-hydrogen) atoms. The Morgan fingerprint density at radius 1 is 1.00 bits per heavy atom. The number of hydrogen-bond acceptors (Lipinski definition) is 4. The number of carbonyl (C=O) groups is 3. The van der Waals surface area contributed by atoms with Crippen molar-refractivity contribution in [2.75, 3.05) is 26.2 Å². The molecule has 1 aliphatic heterocycles. The summed E-state index contributed by atoms with van der Waals surface area (Å²) in [5.74, 6) is -1.52. The molecule has 7 heteroatoms. The van der Waals surface area contributed by atoms with Crippen LogP contribution < -0.4 is 5.32 Å². The Balaban J connectivity index is 1.19. The first-order valence-electron chi connectivity index (χ1n) is 12.1. The summed E-state index contributed by atoms with van der Waals surface area (Å²) in [6.07, 6.45) is 2.96. The molecule has 0 aromatic heterocycles. The smallest absolute Gasteiger partial charge is 0.407 e. The summed E-state index contributed by atoms with van der Waals surface area (Å²) in [5.41, 5.74) is 4.66. The van der Waals surface area contributed by atoms with Crippen LogP contribution in [0.15, 0.2) is 48.5 Å². The van der Waals surface area contributed by atoms with Crippen molar-refractivity contribution in [3.05, 3.63) is 59.7 Å². The number of aliphatic carboxylic acids is 1. The number of carboxylic acid groups (broad SMARTS) is 1. The molecule has 2 aromatic carbocycles. The summed E-state index contributed by atoms with van der Waals surface area (Å²) in [5, 5.41) is 12.1. The normalized spacial score (nSPS) is 20.2. The molecule has 0 radical (unpaired) electrons. The number of ether oxygens (including phenoxy) is 1. The number of rotatable bonds is 7. The quantitative estimate of drug-likeness (QED) is 0.651. The zero-order chi connectivity index (χ0) is 23.7. The maximum atomic E-state index is 13.1. The van der Waals surface area contributed by atoms with Crippen molar-refractivity contribution in [2.24, 2.45) is 17.8 Å². The second-order valence-corrected chi connectivity index (χ2v) is 9.61. The van der Waals surface area contributed by atoms with Crippen molar-refractivity contribution in [2.45, 2.75) is 31.6 Å². The van der Waals surface area contributed by atoms with E-state index in [0.29, 0.717) is 13.0 Å². The first-order chi connectivity index (χ1) is 16.5. The van der Waals surface area contributed by atoms with E-state index in [9.17, 15) is 19.5 Å². The molecule has 2 atom stereocenters. The molecule has 2 aromatic rings. The number of nitrogens with one attached hydrogen (secondary N) is 1. The highest BCUT2D eigenvalue weighted by atomic mass is 16.5. The SMILES string of the molecule is O=C(NCC(C(=O)N1CCC(C(=O)O)C1)C1CCC1)OCC1c2ccccc2-c2ccccc21. The van der Waals surface area contributed by atoms with E-state index in [1.807, 2.05) is 24.3 Å². The standard InChI is InChI=1S/C27H30N2O5/c30-25(29-13-12-18(15-29)26(31)32)23(17-6-5-7-17)14-28-27(33)34-16-24-21-10-3-1-8-19(21)20-9-2-4-11-22(20)24/h1-4,8-11,17-18,23-24H,5-7,12-16H2,(H,28,33)(H,31,32). The Labute approximate surface area is 199 Å². The third-order valence-corrected chi connectivity index (χ3v) is 7.70. The molecule has 2 aliphatic carbocycles. The van der Waals surface area contributed by atoms with Crippen LogP contribution in [0, 0.1) is 17.8 Å². The molecule has 2 N–H and O–H groups in total. The van der Waals surface area contributed by atoms with Crippen molar-refractivity contribution in [3.8, 4) is 11.1 Å². The van der Waals surface area contributed by atoms with Crippen LogP contribution in [0.1, 0.15) is 42.7 Å². The van der Waals surface area contributed by atoms with E-state index in [4.69, 9.17) is 4.74 Å². The molecule has 2 unspecified atom stereocenters. The van der Waals surface area contributed by atoms with E-state index >= 15 is 0 Å². The van der Waals surface area contributed by atoms with Gasteiger partial charge < -0.3 is 20.1 Å². The van der Waals surface area contributed by atoms with Crippen LogP contribution in [0.4, 0.5) is 4.79 Å². The van der Waals surface area contributed by atoms with E-state index in [0.717, 1.165) is 30.4 Å². The first-order valence-corrected chi connectivity index (χ1v) is 12.1. The number of benzene rings is 2. The van der Waals surface area contributed by atoms with Gasteiger partial charge >= 0.3 is 12.1 Å². The van der Waals surface area contributed by atoms with Gasteiger partial charge in [-0.1, -0.05) is 55.0 Å². The first kappa shape index (κ1) is 22.4. The lowest BCUT2D eigenvalue weighted by atomic mass is 9.75. The van der Waals surface area contributed by atoms with Crippen LogP contribution >= 0.6 is 0 Å². The van der Waals surface area contributed by atoms with Crippen molar-refractivity contribution < 1.29 is 24.2 Å². The molecule has 7 nitrogen and oxygen atoms in total. The number of alkyl carbamates (subject to hydrolysis) is 1. The Morgan fingerprint density at radius 3 is 2.21 bits per heavy atom. The Hall–Kier alpha value is -3.35. The van der Waals surface area contributed by atoms with Crippen molar-refractivity contribution in [1.29, 1.82) is 0 Å². The summed E-state index contributed by atoms with van der Waals surface area (Å²) in [7, 11) is 0. The lowest BCUT2D eigenvalue weighted by Gasteiger charge is -2.35. The topological polar surface area (TPSA) is 95.9 Å². The monoisotopic (exact) mass is 462 g/mol. The number of hydrogen-bond donors (Lipinski definition) is 2. The third kappa shape index (κ3) is 4.27. The van der Waals surface area contributed by atoms with Gasteiger partial charge in [0.05, 0.1) is 11.8 Å². The second-order valence-electron chi connectivity index (χ2n) is 9.61. The van der Waals surface area contributed by atoms with Gasteiger partial charge in [-0.15, -0.1) is 0 Å². The molecule has 5 rings (SSSR count). The molecule has 2 fully saturated rings. The molecular weight excluding hydrogens is 432 g/mol. The number of likely N-dealkylation sites (tertiary alicyclic amines) is 1. The lowest BCUT2D eigenvalue weighted by Crippen LogP contribution is -2.45. The van der Waals surface area contributed by atoms with Crippen LogP contribution in [-0.4, -0.2) is 54.2 Å². The minimum Gasteiger partial charge on any atom is -0.481 e. The van der Waals surface area contributed by atoms with E-state index in [2.05, 4.69) is 29.6 Å². The molecule has 2 amide bonds. The number of carboxylic acids is 1. The van der Waals surface area contributed by atoms with Crippen molar-refractivity contribution in [1.82, 2.24) is 10.2 Å². The Morgan fingerprint density at radius 2 is 1.65 bits per heavy atom. The van der Waals surface area contributed by atoms with E-state index < -0.39 is 18.0 Å². The number of carbonyl (C=O) groups excluding carboxylic acids is 2. The summed E-state index contributed by atoms with van der Waals surface area (Å²) in [6, 6.07) is 16.4. The fraction of sp³-hybridized carbons (Fsp3) is 0.444. The minimum absolute atomic E-state index is 0.0141. The predicted octanol–water partition coefficient (Wildman–Crippen LogP) is 3.87. The van der Waals surface area contributed by atoms with Crippen LogP contribution in [0.5, 0.6) is 0 Å². The van der Waals surface area contributed by atoms with Crippen LogP contribution in [0.3, 0.4) is 0 Å². The van der Waals surface area contributed by atoms with E-state index in [1.54, 1.807) is 4.90 Å². The van der Waals surface area contributed by atoms with Gasteiger partial charge in [0.2, 0.25) is 5.91 Å². The molecule has 3 aliphatic rings. The largest absolute Gasteiger partial charge is 0.481 e. The Bertz CT molecular complexity index is 1050. The van der Waals surface area contributed by atoms with Gasteiger partial charge in [0, 0.05) is 25.6 Å². The van der Waals surface area contributed by atoms with Crippen molar-refractivity contribution >= 4 is 18.0 Å². The zero-order valence-electron chi connectivity index (χ0n) is 19.1. The van der Waals surface area contributed by atoms with Gasteiger partial charge in [-0.25, -0.2) is 4.79 Å². The van der Waals surface area contributed by atoms with E-state index in [1.165, 1.54) is 11.1 Å².